The Morgan fingerprint density at radius 1 is 0.913 bits per heavy atom. The zero-order valence-corrected chi connectivity index (χ0v) is 13.7. The predicted octanol–water partition coefficient (Wildman–Crippen LogP) is 4.32. The molecular weight excluding hydrogens is 312 g/mol. The van der Waals surface area contributed by atoms with Crippen molar-refractivity contribution in [3.05, 3.63) is 70.7 Å². The summed E-state index contributed by atoms with van der Waals surface area (Å²) in [4.78, 5) is 25.3. The van der Waals surface area contributed by atoms with Crippen LogP contribution in [-0.4, -0.2) is 11.8 Å². The van der Waals surface area contributed by atoms with Crippen molar-refractivity contribution in [2.75, 3.05) is 0 Å². The van der Waals surface area contributed by atoms with Crippen LogP contribution < -0.4 is 0 Å². The van der Waals surface area contributed by atoms with Crippen molar-refractivity contribution in [3.63, 3.8) is 0 Å². The summed E-state index contributed by atoms with van der Waals surface area (Å²) in [6.45, 7) is 3.23. The molecule has 1 aliphatic heterocycles. The molecule has 2 aromatic rings. The van der Waals surface area contributed by atoms with Crippen molar-refractivity contribution in [2.45, 2.75) is 25.9 Å². The second-order valence-electron chi connectivity index (χ2n) is 6.26. The van der Waals surface area contributed by atoms with E-state index in [2.05, 4.69) is 0 Å². The fourth-order valence-corrected chi connectivity index (χ4v) is 2.98. The Kier molecular flexibility index (Phi) is 3.99. The molecule has 0 saturated carbocycles. The number of carbonyl (C=O) groups is 2. The van der Waals surface area contributed by atoms with Gasteiger partial charge in [-0.2, -0.15) is 0 Å². The van der Waals surface area contributed by atoms with Gasteiger partial charge in [-0.15, -0.1) is 0 Å². The second kappa shape index (κ2) is 5.82. The number of Topliss-reactive ketones (excluding diaryl/α,β-unsaturated/α-hetero) is 1. The molecule has 0 radical (unpaired) electrons. The first kappa shape index (κ1) is 15.8. The van der Waals surface area contributed by atoms with Crippen molar-refractivity contribution < 1.29 is 14.3 Å². The first-order valence-electron chi connectivity index (χ1n) is 7.47. The molecule has 1 aliphatic rings. The fraction of sp³-hybridized carbons (Fsp3) is 0.263. The summed E-state index contributed by atoms with van der Waals surface area (Å²) in [7, 11) is 0. The number of cyclic esters (lactones) is 1. The standard InChI is InChI=1S/C19H17ClO3/c1-19(2)17(21)15(12-6-4-3-5-7-12)16(23-18(19)22)13-8-10-14(20)11-9-13/h3-11,15-16H,1-2H3. The normalized spacial score (nSPS) is 23.4. The molecule has 4 heteroatoms. The highest BCUT2D eigenvalue weighted by Crippen LogP contribution is 2.45. The Labute approximate surface area is 140 Å². The van der Waals surface area contributed by atoms with Gasteiger partial charge in [0.1, 0.15) is 11.5 Å². The molecule has 0 spiro atoms. The summed E-state index contributed by atoms with van der Waals surface area (Å²) in [6, 6.07) is 16.5. The number of esters is 1. The van der Waals surface area contributed by atoms with Crippen LogP contribution in [0.1, 0.15) is 37.0 Å². The van der Waals surface area contributed by atoms with Gasteiger partial charge < -0.3 is 4.74 Å². The molecular formula is C19H17ClO3. The van der Waals surface area contributed by atoms with Gasteiger partial charge in [-0.05, 0) is 37.1 Å². The zero-order chi connectivity index (χ0) is 16.6. The lowest BCUT2D eigenvalue weighted by atomic mass is 9.72. The van der Waals surface area contributed by atoms with Crippen LogP contribution in [0.3, 0.4) is 0 Å². The Hall–Kier alpha value is -2.13. The summed E-state index contributed by atoms with van der Waals surface area (Å²) in [5, 5.41) is 0.596. The average Bonchev–Trinajstić information content (AvgIpc) is 2.54. The maximum atomic E-state index is 13.0. The first-order valence-corrected chi connectivity index (χ1v) is 7.85. The van der Waals surface area contributed by atoms with Gasteiger partial charge in [-0.3, -0.25) is 9.59 Å². The largest absolute Gasteiger partial charge is 0.456 e. The number of benzene rings is 2. The fourth-order valence-electron chi connectivity index (χ4n) is 2.86. The van der Waals surface area contributed by atoms with Crippen molar-refractivity contribution in [1.29, 1.82) is 0 Å². The Morgan fingerprint density at radius 2 is 1.52 bits per heavy atom. The maximum Gasteiger partial charge on any atom is 0.319 e. The van der Waals surface area contributed by atoms with Crippen molar-refractivity contribution in [2.24, 2.45) is 5.41 Å². The van der Waals surface area contributed by atoms with Crippen molar-refractivity contribution in [1.82, 2.24) is 0 Å². The molecule has 1 saturated heterocycles. The van der Waals surface area contributed by atoms with E-state index in [4.69, 9.17) is 16.3 Å². The molecule has 2 atom stereocenters. The molecule has 0 bridgehead atoms. The van der Waals surface area contributed by atoms with Crippen LogP contribution in [0.15, 0.2) is 54.6 Å². The van der Waals surface area contributed by atoms with E-state index in [1.54, 1.807) is 38.1 Å². The van der Waals surface area contributed by atoms with Crippen LogP contribution in [0.2, 0.25) is 5.02 Å². The number of hydrogen-bond acceptors (Lipinski definition) is 3. The van der Waals surface area contributed by atoms with Crippen LogP contribution in [0.5, 0.6) is 0 Å². The summed E-state index contributed by atoms with van der Waals surface area (Å²) in [5.74, 6) is -1.14. The van der Waals surface area contributed by atoms with E-state index >= 15 is 0 Å². The smallest absolute Gasteiger partial charge is 0.319 e. The monoisotopic (exact) mass is 328 g/mol. The number of rotatable bonds is 2. The highest BCUT2D eigenvalue weighted by atomic mass is 35.5. The third-order valence-corrected chi connectivity index (χ3v) is 4.55. The molecule has 1 fully saturated rings. The molecule has 0 N–H and O–H groups in total. The Balaban J connectivity index is 2.10. The van der Waals surface area contributed by atoms with E-state index in [0.29, 0.717) is 5.02 Å². The Morgan fingerprint density at radius 3 is 2.13 bits per heavy atom. The topological polar surface area (TPSA) is 43.4 Å². The van der Waals surface area contributed by atoms with E-state index in [1.807, 2.05) is 30.3 Å². The molecule has 2 unspecified atom stereocenters. The first-order chi connectivity index (χ1) is 10.9. The SMILES string of the molecule is CC1(C)C(=O)OC(c2ccc(Cl)cc2)C(c2ccccc2)C1=O. The minimum absolute atomic E-state index is 0.125. The lowest BCUT2D eigenvalue weighted by molar-refractivity contribution is -0.174. The highest BCUT2D eigenvalue weighted by Gasteiger charge is 2.51. The number of ether oxygens (including phenoxy) is 1. The van der Waals surface area contributed by atoms with E-state index in [0.717, 1.165) is 11.1 Å². The average molecular weight is 329 g/mol. The minimum atomic E-state index is -1.15. The molecule has 0 aliphatic carbocycles. The van der Waals surface area contributed by atoms with Crippen LogP contribution in [0.4, 0.5) is 0 Å². The molecule has 3 rings (SSSR count). The summed E-state index contributed by atoms with van der Waals surface area (Å²) < 4.78 is 5.66. The van der Waals surface area contributed by atoms with Gasteiger partial charge in [0, 0.05) is 5.02 Å². The van der Waals surface area contributed by atoms with Gasteiger partial charge in [0.15, 0.2) is 5.78 Å². The zero-order valence-electron chi connectivity index (χ0n) is 13.0. The van der Waals surface area contributed by atoms with Crippen LogP contribution >= 0.6 is 11.6 Å². The number of halogens is 1. The molecule has 3 nitrogen and oxygen atoms in total. The summed E-state index contributed by atoms with van der Waals surface area (Å²) in [6.07, 6.45) is -0.636. The van der Waals surface area contributed by atoms with Crippen molar-refractivity contribution in [3.8, 4) is 0 Å². The lowest BCUT2D eigenvalue weighted by Crippen LogP contribution is -2.46. The van der Waals surface area contributed by atoms with E-state index in [-0.39, 0.29) is 5.78 Å². The Bertz CT molecular complexity index is 735. The highest BCUT2D eigenvalue weighted by molar-refractivity contribution is 6.30. The lowest BCUT2D eigenvalue weighted by Gasteiger charge is -2.38. The third-order valence-electron chi connectivity index (χ3n) is 4.30. The number of carbonyl (C=O) groups excluding carboxylic acids is 2. The second-order valence-corrected chi connectivity index (χ2v) is 6.69. The molecule has 118 valence electrons. The minimum Gasteiger partial charge on any atom is -0.456 e. The molecule has 23 heavy (non-hydrogen) atoms. The summed E-state index contributed by atoms with van der Waals surface area (Å²) in [5.41, 5.74) is 0.460. The molecule has 0 amide bonds. The predicted molar refractivity (Wildman–Crippen MR) is 88.3 cm³/mol. The van der Waals surface area contributed by atoms with E-state index < -0.39 is 23.4 Å². The van der Waals surface area contributed by atoms with Crippen LogP contribution in [0.25, 0.3) is 0 Å². The summed E-state index contributed by atoms with van der Waals surface area (Å²) >= 11 is 5.93. The third kappa shape index (κ3) is 2.77. The van der Waals surface area contributed by atoms with E-state index in [9.17, 15) is 9.59 Å². The number of ketones is 1. The van der Waals surface area contributed by atoms with Gasteiger partial charge in [-0.25, -0.2) is 0 Å². The van der Waals surface area contributed by atoms with Gasteiger partial charge in [0.2, 0.25) is 0 Å². The van der Waals surface area contributed by atoms with Crippen molar-refractivity contribution >= 4 is 23.4 Å². The van der Waals surface area contributed by atoms with Gasteiger partial charge >= 0.3 is 5.97 Å². The van der Waals surface area contributed by atoms with Gasteiger partial charge in [-0.1, -0.05) is 54.1 Å². The number of hydrogen-bond donors (Lipinski definition) is 0. The molecule has 2 aromatic carbocycles. The van der Waals surface area contributed by atoms with Crippen LogP contribution in [0, 0.1) is 5.41 Å². The quantitative estimate of drug-likeness (QED) is 0.609. The van der Waals surface area contributed by atoms with Gasteiger partial charge in [0.05, 0.1) is 5.92 Å². The van der Waals surface area contributed by atoms with Crippen LogP contribution in [-0.2, 0) is 14.3 Å². The molecule has 0 aromatic heterocycles. The van der Waals surface area contributed by atoms with Gasteiger partial charge in [0.25, 0.3) is 0 Å². The van der Waals surface area contributed by atoms with E-state index in [1.165, 1.54) is 0 Å². The molecule has 1 heterocycles. The maximum absolute atomic E-state index is 13.0.